The lowest BCUT2D eigenvalue weighted by Gasteiger charge is -2.18. The van der Waals surface area contributed by atoms with Crippen LogP contribution in [0.4, 0.5) is 0 Å². The molecule has 104 valence electrons. The first-order valence-electron chi connectivity index (χ1n) is 6.38. The average Bonchev–Trinajstić information content (AvgIpc) is 2.46. The molecule has 0 unspecified atom stereocenters. The number of ether oxygens (including phenoxy) is 1. The van der Waals surface area contributed by atoms with Gasteiger partial charge < -0.3 is 15.7 Å². The van der Waals surface area contributed by atoms with Gasteiger partial charge >= 0.3 is 0 Å². The van der Waals surface area contributed by atoms with Gasteiger partial charge in [0.15, 0.2) is 5.84 Å². The van der Waals surface area contributed by atoms with E-state index in [2.05, 4.69) is 10.1 Å². The van der Waals surface area contributed by atoms with Crippen molar-refractivity contribution in [3.8, 4) is 0 Å². The van der Waals surface area contributed by atoms with Gasteiger partial charge in [-0.15, -0.1) is 11.8 Å². The summed E-state index contributed by atoms with van der Waals surface area (Å²) in [6, 6.07) is 2.02. The predicted octanol–water partition coefficient (Wildman–Crippen LogP) is 1.79. The lowest BCUT2D eigenvalue weighted by Crippen LogP contribution is -2.18. The summed E-state index contributed by atoms with van der Waals surface area (Å²) < 4.78 is 5.04. The van der Waals surface area contributed by atoms with Gasteiger partial charge in [-0.05, 0) is 37.3 Å². The van der Waals surface area contributed by atoms with Crippen LogP contribution in [0.3, 0.4) is 0 Å². The second kappa shape index (κ2) is 6.77. The summed E-state index contributed by atoms with van der Waals surface area (Å²) in [7, 11) is 1.67. The Morgan fingerprint density at radius 1 is 1.53 bits per heavy atom. The largest absolute Gasteiger partial charge is 0.409 e. The molecule has 5 nitrogen and oxygen atoms in total. The highest BCUT2D eigenvalue weighted by Crippen LogP contribution is 2.27. The second-order valence-electron chi connectivity index (χ2n) is 4.48. The van der Waals surface area contributed by atoms with Crippen molar-refractivity contribution in [2.45, 2.75) is 30.7 Å². The Hall–Kier alpha value is -1.27. The molecule has 0 atom stereocenters. The molecule has 0 saturated heterocycles. The molecule has 0 fully saturated rings. The van der Waals surface area contributed by atoms with Gasteiger partial charge in [0, 0.05) is 18.6 Å². The summed E-state index contributed by atoms with van der Waals surface area (Å²) in [5, 5.41) is 12.8. The maximum absolute atomic E-state index is 8.89. The molecule has 0 radical (unpaired) electrons. The van der Waals surface area contributed by atoms with Crippen LogP contribution in [0.15, 0.2) is 16.2 Å². The van der Waals surface area contributed by atoms with Gasteiger partial charge in [0.1, 0.15) is 5.03 Å². The van der Waals surface area contributed by atoms with Gasteiger partial charge in [-0.1, -0.05) is 5.16 Å². The summed E-state index contributed by atoms with van der Waals surface area (Å²) in [5.74, 6) is 0.925. The molecule has 0 bridgehead atoms. The number of aryl methyl sites for hydroxylation is 2. The molecule has 0 saturated carbocycles. The molecule has 0 aromatic carbocycles. The van der Waals surface area contributed by atoms with E-state index in [4.69, 9.17) is 15.7 Å². The van der Waals surface area contributed by atoms with Gasteiger partial charge in [0.25, 0.3) is 0 Å². The van der Waals surface area contributed by atoms with E-state index in [0.29, 0.717) is 6.61 Å². The minimum Gasteiger partial charge on any atom is -0.409 e. The number of pyridine rings is 1. The van der Waals surface area contributed by atoms with E-state index in [1.807, 2.05) is 6.07 Å². The van der Waals surface area contributed by atoms with Gasteiger partial charge in [0.2, 0.25) is 0 Å². The molecular formula is C13H19N3O2S. The van der Waals surface area contributed by atoms with Crippen LogP contribution in [0, 0.1) is 0 Å². The highest BCUT2D eigenvalue weighted by atomic mass is 32.2. The van der Waals surface area contributed by atoms with Crippen LogP contribution >= 0.6 is 11.8 Å². The van der Waals surface area contributed by atoms with Crippen LogP contribution in [0.1, 0.15) is 29.7 Å². The van der Waals surface area contributed by atoms with E-state index in [-0.39, 0.29) is 5.84 Å². The van der Waals surface area contributed by atoms with E-state index in [0.717, 1.165) is 34.9 Å². The van der Waals surface area contributed by atoms with E-state index >= 15 is 0 Å². The van der Waals surface area contributed by atoms with E-state index in [1.165, 1.54) is 18.4 Å². The van der Waals surface area contributed by atoms with Crippen LogP contribution in [-0.2, 0) is 17.6 Å². The molecule has 1 aliphatic carbocycles. The first kappa shape index (κ1) is 14.1. The number of nitrogens with two attached hydrogens (primary N) is 1. The number of amidine groups is 1. The fourth-order valence-electron chi connectivity index (χ4n) is 2.18. The molecule has 19 heavy (non-hydrogen) atoms. The summed E-state index contributed by atoms with van der Waals surface area (Å²) in [6.07, 6.45) is 4.41. The zero-order valence-electron chi connectivity index (χ0n) is 11.1. The van der Waals surface area contributed by atoms with Crippen LogP contribution in [-0.4, -0.2) is 35.5 Å². The standard InChI is InChI=1S/C13H19N3O2S/c1-18-6-7-19-13-10(12(14)16-17)8-9-4-2-3-5-11(9)15-13/h8,17H,2-7H2,1H3,(H2,14,16). The lowest BCUT2D eigenvalue weighted by atomic mass is 9.95. The van der Waals surface area contributed by atoms with Gasteiger partial charge in [-0.3, -0.25) is 0 Å². The first-order valence-corrected chi connectivity index (χ1v) is 7.37. The Balaban J connectivity index is 2.31. The van der Waals surface area contributed by atoms with Crippen molar-refractivity contribution in [2.24, 2.45) is 10.9 Å². The molecule has 2 rings (SSSR count). The molecule has 0 spiro atoms. The molecule has 1 aromatic rings. The van der Waals surface area contributed by atoms with E-state index in [1.54, 1.807) is 18.9 Å². The van der Waals surface area contributed by atoms with Crippen LogP contribution in [0.2, 0.25) is 0 Å². The number of fused-ring (bicyclic) bond motifs is 1. The SMILES string of the molecule is COCCSc1nc2c(cc1C(N)=NO)CCCC2. The smallest absolute Gasteiger partial charge is 0.172 e. The van der Waals surface area contributed by atoms with Crippen molar-refractivity contribution in [3.05, 3.63) is 22.9 Å². The Morgan fingerprint density at radius 3 is 3.05 bits per heavy atom. The summed E-state index contributed by atoms with van der Waals surface area (Å²) >= 11 is 1.58. The zero-order chi connectivity index (χ0) is 13.7. The van der Waals surface area contributed by atoms with Crippen molar-refractivity contribution in [2.75, 3.05) is 19.5 Å². The molecule has 0 aliphatic heterocycles. The summed E-state index contributed by atoms with van der Waals surface area (Å²) in [5.41, 5.74) is 8.85. The first-order chi connectivity index (χ1) is 9.26. The molecule has 6 heteroatoms. The molecule has 3 N–H and O–H groups in total. The third kappa shape index (κ3) is 3.39. The van der Waals surface area contributed by atoms with Crippen molar-refractivity contribution in [1.29, 1.82) is 0 Å². The van der Waals surface area contributed by atoms with Crippen LogP contribution < -0.4 is 5.73 Å². The number of aromatic nitrogens is 1. The van der Waals surface area contributed by atoms with Crippen molar-refractivity contribution >= 4 is 17.6 Å². The highest BCUT2D eigenvalue weighted by Gasteiger charge is 2.17. The number of hydrogen-bond donors (Lipinski definition) is 2. The lowest BCUT2D eigenvalue weighted by molar-refractivity contribution is 0.218. The topological polar surface area (TPSA) is 80.7 Å². The minimum absolute atomic E-state index is 0.126. The minimum atomic E-state index is 0.126. The molecule has 1 heterocycles. The average molecular weight is 281 g/mol. The predicted molar refractivity (Wildman–Crippen MR) is 76.0 cm³/mol. The van der Waals surface area contributed by atoms with E-state index < -0.39 is 0 Å². The van der Waals surface area contributed by atoms with Gasteiger partial charge in [-0.25, -0.2) is 4.98 Å². The van der Waals surface area contributed by atoms with E-state index in [9.17, 15) is 0 Å². The highest BCUT2D eigenvalue weighted by molar-refractivity contribution is 7.99. The number of rotatable bonds is 5. The summed E-state index contributed by atoms with van der Waals surface area (Å²) in [4.78, 5) is 4.69. The third-order valence-electron chi connectivity index (χ3n) is 3.18. The molecule has 1 aliphatic rings. The summed E-state index contributed by atoms with van der Waals surface area (Å²) in [6.45, 7) is 0.652. The van der Waals surface area contributed by atoms with Crippen molar-refractivity contribution in [1.82, 2.24) is 4.98 Å². The number of oxime groups is 1. The van der Waals surface area contributed by atoms with Gasteiger partial charge in [0.05, 0.1) is 12.2 Å². The molecule has 0 amide bonds. The Kier molecular flexibility index (Phi) is 5.04. The number of nitrogens with zero attached hydrogens (tertiary/aromatic N) is 2. The quantitative estimate of drug-likeness (QED) is 0.215. The maximum atomic E-state index is 8.89. The number of methoxy groups -OCH3 is 1. The fourth-order valence-corrected chi connectivity index (χ4v) is 3.12. The van der Waals surface area contributed by atoms with Crippen LogP contribution in [0.25, 0.3) is 0 Å². The Labute approximate surface area is 117 Å². The molecule has 1 aromatic heterocycles. The van der Waals surface area contributed by atoms with Crippen molar-refractivity contribution in [3.63, 3.8) is 0 Å². The number of thioether (sulfide) groups is 1. The Bertz CT molecular complexity index is 477. The van der Waals surface area contributed by atoms with Gasteiger partial charge in [-0.2, -0.15) is 0 Å². The molecular weight excluding hydrogens is 262 g/mol. The Morgan fingerprint density at radius 2 is 2.32 bits per heavy atom. The third-order valence-corrected chi connectivity index (χ3v) is 4.13. The van der Waals surface area contributed by atoms with Crippen molar-refractivity contribution < 1.29 is 9.94 Å². The maximum Gasteiger partial charge on any atom is 0.172 e. The zero-order valence-corrected chi connectivity index (χ0v) is 11.9. The number of hydrogen-bond acceptors (Lipinski definition) is 5. The normalized spacial score (nSPS) is 15.3. The van der Waals surface area contributed by atoms with Crippen LogP contribution in [0.5, 0.6) is 0 Å². The monoisotopic (exact) mass is 281 g/mol. The second-order valence-corrected chi connectivity index (χ2v) is 5.56. The fraction of sp³-hybridized carbons (Fsp3) is 0.538.